The second-order valence-electron chi connectivity index (χ2n) is 7.41. The quantitative estimate of drug-likeness (QED) is 0.779. The van der Waals surface area contributed by atoms with E-state index in [9.17, 15) is 19.5 Å². The first kappa shape index (κ1) is 19.7. The molecule has 1 aliphatic rings. The lowest BCUT2D eigenvalue weighted by atomic mass is 9.52. The third kappa shape index (κ3) is 2.99. The van der Waals surface area contributed by atoms with Crippen molar-refractivity contribution in [2.75, 3.05) is 0 Å². The lowest BCUT2D eigenvalue weighted by Crippen LogP contribution is -2.51. The molecule has 2 aromatic rings. The zero-order chi connectivity index (χ0) is 20.5. The molecular weight excluding hydrogens is 352 g/mol. The molecule has 0 aliphatic heterocycles. The number of hydrogen-bond donors (Lipinski definition) is 1. The summed E-state index contributed by atoms with van der Waals surface area (Å²) in [5.41, 5.74) is 0.160. The first-order chi connectivity index (χ1) is 13.3. The Morgan fingerprint density at radius 1 is 0.821 bits per heavy atom. The molecule has 2 unspecified atom stereocenters. The normalized spacial score (nSPS) is 21.2. The summed E-state index contributed by atoms with van der Waals surface area (Å²) in [5.74, 6) is -2.36. The van der Waals surface area contributed by atoms with Crippen molar-refractivity contribution in [2.24, 2.45) is 5.41 Å². The highest BCUT2D eigenvalue weighted by Gasteiger charge is 2.59. The highest BCUT2D eigenvalue weighted by Crippen LogP contribution is 2.57. The van der Waals surface area contributed by atoms with Crippen molar-refractivity contribution in [2.45, 2.75) is 39.0 Å². The fourth-order valence-corrected chi connectivity index (χ4v) is 4.75. The number of aliphatic hydroxyl groups excluding tert-OH is 1. The lowest BCUT2D eigenvalue weighted by molar-refractivity contribution is -0.142. The van der Waals surface area contributed by atoms with Crippen LogP contribution in [0.4, 0.5) is 0 Å². The standard InChI is InChI=1S/C24H24O4/c1-15(25)22-21(28)14-20(18-10-6-4-7-11-18)24(16(2)26,17(3)27)23(22)19-12-8-5-9-13-19/h4-13,20,23,28H,14H2,1-3H3. The van der Waals surface area contributed by atoms with Gasteiger partial charge in [-0.25, -0.2) is 0 Å². The van der Waals surface area contributed by atoms with E-state index in [-0.39, 0.29) is 35.1 Å². The summed E-state index contributed by atoms with van der Waals surface area (Å²) in [6.45, 7) is 4.19. The van der Waals surface area contributed by atoms with Gasteiger partial charge in [0.25, 0.3) is 0 Å². The first-order valence-corrected chi connectivity index (χ1v) is 9.36. The molecule has 4 heteroatoms. The van der Waals surface area contributed by atoms with E-state index < -0.39 is 17.3 Å². The van der Waals surface area contributed by atoms with Crippen molar-refractivity contribution in [3.63, 3.8) is 0 Å². The van der Waals surface area contributed by atoms with E-state index in [0.717, 1.165) is 5.56 Å². The molecule has 0 spiro atoms. The molecule has 0 bridgehead atoms. The number of carbonyl (C=O) groups excluding carboxylic acids is 3. The predicted octanol–water partition coefficient (Wildman–Crippen LogP) is 4.52. The third-order valence-corrected chi connectivity index (χ3v) is 5.88. The van der Waals surface area contributed by atoms with Crippen LogP contribution in [-0.4, -0.2) is 22.5 Å². The third-order valence-electron chi connectivity index (χ3n) is 5.88. The molecule has 3 rings (SSSR count). The lowest BCUT2D eigenvalue weighted by Gasteiger charge is -2.47. The van der Waals surface area contributed by atoms with Crippen LogP contribution in [0.5, 0.6) is 0 Å². The minimum atomic E-state index is -1.46. The molecule has 0 saturated carbocycles. The number of rotatable bonds is 5. The van der Waals surface area contributed by atoms with Crippen LogP contribution in [0, 0.1) is 5.41 Å². The Balaban J connectivity index is 2.41. The van der Waals surface area contributed by atoms with Gasteiger partial charge in [-0.1, -0.05) is 60.7 Å². The number of carbonyl (C=O) groups is 3. The Morgan fingerprint density at radius 3 is 1.71 bits per heavy atom. The van der Waals surface area contributed by atoms with Crippen LogP contribution in [0.3, 0.4) is 0 Å². The number of allylic oxidation sites excluding steroid dienone is 2. The maximum atomic E-state index is 13.2. The van der Waals surface area contributed by atoms with Gasteiger partial charge in [0.15, 0.2) is 5.78 Å². The average molecular weight is 376 g/mol. The fraction of sp³-hybridized carbons (Fsp3) is 0.292. The fourth-order valence-electron chi connectivity index (χ4n) is 4.75. The highest BCUT2D eigenvalue weighted by atomic mass is 16.3. The van der Waals surface area contributed by atoms with E-state index in [2.05, 4.69) is 0 Å². The summed E-state index contributed by atoms with van der Waals surface area (Å²) in [6.07, 6.45) is 0.0709. The summed E-state index contributed by atoms with van der Waals surface area (Å²) in [5, 5.41) is 10.8. The number of aliphatic hydroxyl groups is 1. The molecule has 0 heterocycles. The van der Waals surface area contributed by atoms with Gasteiger partial charge in [0.2, 0.25) is 0 Å². The van der Waals surface area contributed by atoms with Gasteiger partial charge in [0.05, 0.1) is 0 Å². The summed E-state index contributed by atoms with van der Waals surface area (Å²) >= 11 is 0. The SMILES string of the molecule is CC(=O)C1=C(O)CC(c2ccccc2)C(C(C)=O)(C(C)=O)C1c1ccccc1. The van der Waals surface area contributed by atoms with Gasteiger partial charge in [0.1, 0.15) is 22.7 Å². The molecule has 0 radical (unpaired) electrons. The van der Waals surface area contributed by atoms with E-state index in [1.807, 2.05) is 36.4 Å². The van der Waals surface area contributed by atoms with Crippen molar-refractivity contribution >= 4 is 17.3 Å². The van der Waals surface area contributed by atoms with E-state index in [0.29, 0.717) is 5.56 Å². The number of Topliss-reactive ketones (excluding diaryl/α,β-unsaturated/α-hetero) is 3. The van der Waals surface area contributed by atoms with Crippen molar-refractivity contribution in [3.05, 3.63) is 83.1 Å². The Bertz CT molecular complexity index is 927. The number of hydrogen-bond acceptors (Lipinski definition) is 4. The van der Waals surface area contributed by atoms with E-state index in [1.54, 1.807) is 24.3 Å². The molecule has 4 nitrogen and oxygen atoms in total. The Morgan fingerprint density at radius 2 is 1.29 bits per heavy atom. The van der Waals surface area contributed by atoms with Crippen LogP contribution < -0.4 is 0 Å². The van der Waals surface area contributed by atoms with Gasteiger partial charge in [-0.05, 0) is 31.9 Å². The maximum absolute atomic E-state index is 13.2. The van der Waals surface area contributed by atoms with Crippen molar-refractivity contribution in [1.82, 2.24) is 0 Å². The summed E-state index contributed by atoms with van der Waals surface area (Å²) in [7, 11) is 0. The van der Waals surface area contributed by atoms with Crippen LogP contribution in [0.1, 0.15) is 50.2 Å². The molecule has 28 heavy (non-hydrogen) atoms. The van der Waals surface area contributed by atoms with E-state index >= 15 is 0 Å². The average Bonchev–Trinajstić information content (AvgIpc) is 2.67. The van der Waals surface area contributed by atoms with Crippen LogP contribution >= 0.6 is 0 Å². The van der Waals surface area contributed by atoms with E-state index in [1.165, 1.54) is 20.8 Å². The van der Waals surface area contributed by atoms with E-state index in [4.69, 9.17) is 0 Å². The monoisotopic (exact) mass is 376 g/mol. The second-order valence-corrected chi connectivity index (χ2v) is 7.41. The Hall–Kier alpha value is -3.01. The molecular formula is C24H24O4. The predicted molar refractivity (Wildman–Crippen MR) is 107 cm³/mol. The second kappa shape index (κ2) is 7.55. The Kier molecular flexibility index (Phi) is 5.32. The maximum Gasteiger partial charge on any atom is 0.159 e. The summed E-state index contributed by atoms with van der Waals surface area (Å²) < 4.78 is 0. The van der Waals surface area contributed by atoms with Crippen LogP contribution in [-0.2, 0) is 14.4 Å². The molecule has 0 fully saturated rings. The topological polar surface area (TPSA) is 71.4 Å². The largest absolute Gasteiger partial charge is 0.512 e. The zero-order valence-corrected chi connectivity index (χ0v) is 16.3. The molecule has 0 amide bonds. The van der Waals surface area contributed by atoms with Gasteiger partial charge >= 0.3 is 0 Å². The first-order valence-electron chi connectivity index (χ1n) is 9.36. The molecule has 0 aromatic heterocycles. The molecule has 0 saturated heterocycles. The minimum Gasteiger partial charge on any atom is -0.512 e. The van der Waals surface area contributed by atoms with Crippen molar-refractivity contribution in [3.8, 4) is 0 Å². The molecule has 1 aliphatic carbocycles. The van der Waals surface area contributed by atoms with Crippen molar-refractivity contribution < 1.29 is 19.5 Å². The van der Waals surface area contributed by atoms with Crippen LogP contribution in [0.25, 0.3) is 0 Å². The van der Waals surface area contributed by atoms with Gasteiger partial charge in [-0.3, -0.25) is 14.4 Å². The summed E-state index contributed by atoms with van der Waals surface area (Å²) in [4.78, 5) is 38.9. The number of benzene rings is 2. The smallest absolute Gasteiger partial charge is 0.159 e. The Labute approximate surface area is 164 Å². The van der Waals surface area contributed by atoms with Crippen LogP contribution in [0.2, 0.25) is 0 Å². The van der Waals surface area contributed by atoms with Gasteiger partial charge < -0.3 is 5.11 Å². The molecule has 144 valence electrons. The highest BCUT2D eigenvalue weighted by molar-refractivity contribution is 6.10. The summed E-state index contributed by atoms with van der Waals surface area (Å²) in [6, 6.07) is 18.3. The molecule has 1 N–H and O–H groups in total. The zero-order valence-electron chi connectivity index (χ0n) is 16.3. The van der Waals surface area contributed by atoms with Crippen LogP contribution in [0.15, 0.2) is 72.0 Å². The molecule has 2 aromatic carbocycles. The minimum absolute atomic E-state index is 0.0478. The van der Waals surface area contributed by atoms with Gasteiger partial charge in [0, 0.05) is 23.8 Å². The van der Waals surface area contributed by atoms with Gasteiger partial charge in [-0.15, -0.1) is 0 Å². The molecule has 2 atom stereocenters. The number of ketones is 3. The van der Waals surface area contributed by atoms with Crippen molar-refractivity contribution in [1.29, 1.82) is 0 Å². The van der Waals surface area contributed by atoms with Gasteiger partial charge in [-0.2, -0.15) is 0 Å².